The summed E-state index contributed by atoms with van der Waals surface area (Å²) in [7, 11) is 3.53. The van der Waals surface area contributed by atoms with E-state index in [1.165, 1.54) is 13.2 Å². The molecule has 1 aliphatic rings. The van der Waals surface area contributed by atoms with Gasteiger partial charge in [0.1, 0.15) is 0 Å². The molecule has 0 bridgehead atoms. The fourth-order valence-corrected chi connectivity index (χ4v) is 1.91. The average Bonchev–Trinajstić information content (AvgIpc) is 2.35. The second-order valence-corrected chi connectivity index (χ2v) is 4.48. The molecule has 2 rings (SSSR count). The highest BCUT2D eigenvalue weighted by Gasteiger charge is 2.15. The molecule has 1 heterocycles. The Morgan fingerprint density at radius 1 is 1.28 bits per heavy atom. The van der Waals surface area contributed by atoms with Crippen molar-refractivity contribution in [1.82, 2.24) is 9.91 Å². The van der Waals surface area contributed by atoms with E-state index in [4.69, 9.17) is 10.5 Å². The van der Waals surface area contributed by atoms with E-state index in [9.17, 15) is 4.39 Å². The number of likely N-dealkylation sites (N-methyl/N-ethyl adjacent to an activating group) is 1. The summed E-state index contributed by atoms with van der Waals surface area (Å²) in [5.41, 5.74) is 10.1. The maximum atomic E-state index is 13.4. The summed E-state index contributed by atoms with van der Waals surface area (Å²) in [6.07, 6.45) is 0. The molecule has 0 unspecified atom stereocenters. The zero-order valence-electron chi connectivity index (χ0n) is 10.7. The molecule has 1 aromatic rings. The van der Waals surface area contributed by atoms with Gasteiger partial charge in [-0.2, -0.15) is 0 Å². The first-order valence-corrected chi connectivity index (χ1v) is 5.93. The Morgan fingerprint density at radius 2 is 1.94 bits per heavy atom. The zero-order chi connectivity index (χ0) is 13.1. The molecule has 100 valence electrons. The third-order valence-corrected chi connectivity index (χ3v) is 3.11. The van der Waals surface area contributed by atoms with Crippen LogP contribution >= 0.6 is 0 Å². The van der Waals surface area contributed by atoms with Gasteiger partial charge in [-0.25, -0.2) is 9.40 Å². The number of nitrogens with one attached hydrogen (secondary N) is 1. The molecule has 0 atom stereocenters. The van der Waals surface area contributed by atoms with Gasteiger partial charge in [0.15, 0.2) is 11.6 Å². The molecule has 0 radical (unpaired) electrons. The summed E-state index contributed by atoms with van der Waals surface area (Å²) in [5.74, 6) is -0.250. The molecule has 0 spiro atoms. The second-order valence-electron chi connectivity index (χ2n) is 4.48. The number of ether oxygens (including phenoxy) is 1. The van der Waals surface area contributed by atoms with Crippen molar-refractivity contribution in [2.24, 2.45) is 0 Å². The van der Waals surface area contributed by atoms with Crippen molar-refractivity contribution in [3.63, 3.8) is 0 Å². The number of hydrogen-bond acceptors (Lipinski definition) is 5. The Bertz CT molecular complexity index is 419. The van der Waals surface area contributed by atoms with Gasteiger partial charge in [-0.05, 0) is 7.05 Å². The van der Waals surface area contributed by atoms with Crippen LogP contribution in [-0.4, -0.2) is 50.2 Å². The first kappa shape index (κ1) is 12.9. The van der Waals surface area contributed by atoms with E-state index in [-0.39, 0.29) is 5.75 Å². The molecule has 1 fully saturated rings. The molecule has 0 aliphatic carbocycles. The zero-order valence-corrected chi connectivity index (χ0v) is 10.7. The Balaban J connectivity index is 2.09. The van der Waals surface area contributed by atoms with Gasteiger partial charge in [0.05, 0.1) is 18.5 Å². The van der Waals surface area contributed by atoms with E-state index in [2.05, 4.69) is 22.4 Å². The smallest absolute Gasteiger partial charge is 0.167 e. The van der Waals surface area contributed by atoms with Crippen molar-refractivity contribution in [1.29, 1.82) is 0 Å². The van der Waals surface area contributed by atoms with Crippen LogP contribution in [0.25, 0.3) is 0 Å². The van der Waals surface area contributed by atoms with Gasteiger partial charge in [0, 0.05) is 38.3 Å². The van der Waals surface area contributed by atoms with Crippen LogP contribution in [0.3, 0.4) is 0 Å². The van der Waals surface area contributed by atoms with Crippen molar-refractivity contribution < 1.29 is 9.13 Å². The van der Waals surface area contributed by atoms with Crippen molar-refractivity contribution in [3.8, 4) is 5.75 Å². The van der Waals surface area contributed by atoms with Crippen LogP contribution in [0.5, 0.6) is 5.75 Å². The fourth-order valence-electron chi connectivity index (χ4n) is 1.91. The second kappa shape index (κ2) is 5.41. The Hall–Kier alpha value is -1.53. The van der Waals surface area contributed by atoms with Crippen molar-refractivity contribution >= 4 is 11.4 Å². The van der Waals surface area contributed by atoms with Gasteiger partial charge in [0.2, 0.25) is 0 Å². The number of methoxy groups -OCH3 is 1. The molecule has 3 N–H and O–H groups in total. The van der Waals surface area contributed by atoms with Crippen LogP contribution in [0, 0.1) is 5.82 Å². The van der Waals surface area contributed by atoms with Crippen molar-refractivity contribution in [2.75, 3.05) is 51.5 Å². The maximum Gasteiger partial charge on any atom is 0.167 e. The predicted molar refractivity (Wildman–Crippen MR) is 70.1 cm³/mol. The quantitative estimate of drug-likeness (QED) is 0.788. The topological polar surface area (TPSA) is 53.8 Å². The minimum Gasteiger partial charge on any atom is -0.494 e. The molecule has 18 heavy (non-hydrogen) atoms. The summed E-state index contributed by atoms with van der Waals surface area (Å²) in [4.78, 5) is 2.26. The minimum atomic E-state index is -0.445. The lowest BCUT2D eigenvalue weighted by molar-refractivity contribution is 0.179. The molecule has 1 aromatic carbocycles. The van der Waals surface area contributed by atoms with Gasteiger partial charge in [-0.3, -0.25) is 0 Å². The van der Waals surface area contributed by atoms with Crippen LogP contribution in [0.15, 0.2) is 12.1 Å². The van der Waals surface area contributed by atoms with E-state index in [0.717, 1.165) is 26.2 Å². The van der Waals surface area contributed by atoms with Crippen molar-refractivity contribution in [3.05, 3.63) is 17.9 Å². The Morgan fingerprint density at radius 3 is 2.56 bits per heavy atom. The Kier molecular flexibility index (Phi) is 3.88. The highest BCUT2D eigenvalue weighted by atomic mass is 19.1. The molecule has 0 amide bonds. The van der Waals surface area contributed by atoms with E-state index >= 15 is 0 Å². The molecule has 0 saturated carbocycles. The van der Waals surface area contributed by atoms with Gasteiger partial charge >= 0.3 is 0 Å². The van der Waals surface area contributed by atoms with Crippen LogP contribution in [0.2, 0.25) is 0 Å². The van der Waals surface area contributed by atoms with Crippen molar-refractivity contribution in [2.45, 2.75) is 0 Å². The Labute approximate surface area is 106 Å². The average molecular weight is 254 g/mol. The van der Waals surface area contributed by atoms with E-state index in [1.807, 2.05) is 0 Å². The van der Waals surface area contributed by atoms with Gasteiger partial charge in [-0.1, -0.05) is 0 Å². The number of hydrazine groups is 1. The molecule has 1 saturated heterocycles. The maximum absolute atomic E-state index is 13.4. The minimum absolute atomic E-state index is 0.195. The molecule has 5 nitrogen and oxygen atoms in total. The fraction of sp³-hybridized carbons (Fsp3) is 0.500. The van der Waals surface area contributed by atoms with Gasteiger partial charge in [-0.15, -0.1) is 0 Å². The third-order valence-electron chi connectivity index (χ3n) is 3.11. The molecule has 6 heteroatoms. The summed E-state index contributed by atoms with van der Waals surface area (Å²) in [6.45, 7) is 3.78. The summed E-state index contributed by atoms with van der Waals surface area (Å²) in [6, 6.07) is 2.86. The largest absolute Gasteiger partial charge is 0.494 e. The highest BCUT2D eigenvalue weighted by molar-refractivity contribution is 5.68. The third kappa shape index (κ3) is 2.83. The number of nitrogens with two attached hydrogens (primary N) is 1. The van der Waals surface area contributed by atoms with Crippen LogP contribution in [0.1, 0.15) is 0 Å². The highest BCUT2D eigenvalue weighted by Crippen LogP contribution is 2.28. The van der Waals surface area contributed by atoms with Crippen LogP contribution < -0.4 is 15.9 Å². The molecule has 0 aromatic heterocycles. The lowest BCUT2D eigenvalue weighted by Gasteiger charge is -2.33. The first-order valence-electron chi connectivity index (χ1n) is 5.93. The van der Waals surface area contributed by atoms with Gasteiger partial charge < -0.3 is 20.8 Å². The summed E-state index contributed by atoms with van der Waals surface area (Å²) in [5, 5.41) is 2.07. The number of rotatable bonds is 3. The van der Waals surface area contributed by atoms with Crippen LogP contribution in [0.4, 0.5) is 15.8 Å². The monoisotopic (exact) mass is 254 g/mol. The van der Waals surface area contributed by atoms with Crippen LogP contribution in [-0.2, 0) is 0 Å². The summed E-state index contributed by atoms with van der Waals surface area (Å²) >= 11 is 0. The predicted octanol–water partition coefficient (Wildman–Crippen LogP) is 0.991. The normalized spacial score (nSPS) is 17.7. The number of nitrogen functional groups attached to an aromatic ring is 1. The van der Waals surface area contributed by atoms with E-state index in [1.54, 1.807) is 6.07 Å². The number of anilines is 2. The first-order chi connectivity index (χ1) is 8.60. The van der Waals surface area contributed by atoms with E-state index in [0.29, 0.717) is 11.4 Å². The van der Waals surface area contributed by atoms with E-state index < -0.39 is 5.82 Å². The molecular weight excluding hydrogens is 235 g/mol. The molecule has 1 aliphatic heterocycles. The number of piperazine rings is 1. The molecular formula is C12H19FN4O. The standard InChI is InChI=1S/C12H19FN4O/c1-16-3-5-17(6-4-16)15-11-8-12(18-2)9(13)7-10(11)14/h7-8,15H,3-6,14H2,1-2H3. The number of nitrogens with zero attached hydrogens (tertiary/aromatic N) is 2. The lowest BCUT2D eigenvalue weighted by atomic mass is 10.2. The number of halogens is 1. The van der Waals surface area contributed by atoms with Gasteiger partial charge in [0.25, 0.3) is 0 Å². The summed E-state index contributed by atoms with van der Waals surface area (Å²) < 4.78 is 18.4. The number of hydrogen-bond donors (Lipinski definition) is 2. The lowest BCUT2D eigenvalue weighted by Crippen LogP contribution is -2.47. The number of benzene rings is 1. The SMILES string of the molecule is COc1cc(NN2CCN(C)CC2)c(N)cc1F.